The van der Waals surface area contributed by atoms with E-state index in [-0.39, 0.29) is 16.7 Å². The van der Waals surface area contributed by atoms with Crippen LogP contribution in [0.15, 0.2) is 29.2 Å². The van der Waals surface area contributed by atoms with Crippen molar-refractivity contribution in [3.63, 3.8) is 0 Å². The smallest absolute Gasteiger partial charge is 0.283 e. The maximum absolute atomic E-state index is 12.5. The summed E-state index contributed by atoms with van der Waals surface area (Å²) in [7, 11) is 0. The fraction of sp³-hybridized carbons (Fsp3) is 0.625. The van der Waals surface area contributed by atoms with Crippen LogP contribution in [0.5, 0.6) is 0 Å². The number of rotatable bonds is 5. The Bertz CT molecular complexity index is 561. The number of para-hydroxylation sites is 1. The number of nitro benzene ring substituents is 1. The van der Waals surface area contributed by atoms with Crippen molar-refractivity contribution in [3.05, 3.63) is 34.4 Å². The van der Waals surface area contributed by atoms with Crippen LogP contribution in [-0.2, 0) is 15.3 Å². The predicted octanol–water partition coefficient (Wildman–Crippen LogP) is 4.09. The third-order valence-electron chi connectivity index (χ3n) is 4.41. The first-order chi connectivity index (χ1) is 10.4. The van der Waals surface area contributed by atoms with Crippen molar-refractivity contribution >= 4 is 16.8 Å². The molecule has 3 unspecified atom stereocenters. The molecule has 2 rings (SSSR count). The Kier molecular flexibility index (Phi) is 5.69. The van der Waals surface area contributed by atoms with Crippen molar-refractivity contribution in [3.8, 4) is 0 Å². The van der Waals surface area contributed by atoms with Crippen LogP contribution >= 0.6 is 0 Å². The number of nitro groups is 1. The number of hydrogen-bond donors (Lipinski definition) is 0. The average molecular weight is 325 g/mol. The minimum absolute atomic E-state index is 0.107. The van der Waals surface area contributed by atoms with Gasteiger partial charge in [0.15, 0.2) is 11.1 Å². The van der Waals surface area contributed by atoms with Crippen LogP contribution in [0.4, 0.5) is 5.69 Å². The van der Waals surface area contributed by atoms with Gasteiger partial charge in [0.2, 0.25) is 0 Å². The molecular weight excluding hydrogens is 302 g/mol. The summed E-state index contributed by atoms with van der Waals surface area (Å²) >= 11 is -1.81. The van der Waals surface area contributed by atoms with E-state index >= 15 is 0 Å². The summed E-state index contributed by atoms with van der Waals surface area (Å²) < 4.78 is 18.3. The van der Waals surface area contributed by atoms with Gasteiger partial charge in [-0.1, -0.05) is 39.3 Å². The zero-order chi connectivity index (χ0) is 16.3. The van der Waals surface area contributed by atoms with Crippen LogP contribution < -0.4 is 0 Å². The molecular formula is C16H23NO4S. The lowest BCUT2D eigenvalue weighted by molar-refractivity contribution is -0.387. The number of hydrogen-bond acceptors (Lipinski definition) is 4. The largest absolute Gasteiger partial charge is 0.287 e. The molecule has 5 nitrogen and oxygen atoms in total. The van der Waals surface area contributed by atoms with E-state index in [0.29, 0.717) is 17.8 Å². The molecule has 22 heavy (non-hydrogen) atoms. The first-order valence-corrected chi connectivity index (χ1v) is 8.80. The monoisotopic (exact) mass is 325 g/mol. The molecule has 6 heteroatoms. The highest BCUT2D eigenvalue weighted by molar-refractivity contribution is 7.80. The molecule has 0 aliphatic heterocycles. The van der Waals surface area contributed by atoms with Crippen molar-refractivity contribution in [2.75, 3.05) is 0 Å². The van der Waals surface area contributed by atoms with Gasteiger partial charge in [0.25, 0.3) is 5.69 Å². The molecule has 0 saturated heterocycles. The molecule has 0 bridgehead atoms. The number of benzene rings is 1. The zero-order valence-corrected chi connectivity index (χ0v) is 14.0. The molecule has 0 spiro atoms. The minimum Gasteiger partial charge on any atom is -0.283 e. The summed E-state index contributed by atoms with van der Waals surface area (Å²) in [5, 5.41) is 11.1. The first kappa shape index (κ1) is 17.1. The molecule has 0 amide bonds. The van der Waals surface area contributed by atoms with Crippen LogP contribution in [0.3, 0.4) is 0 Å². The van der Waals surface area contributed by atoms with Crippen molar-refractivity contribution in [2.45, 2.75) is 51.0 Å². The van der Waals surface area contributed by atoms with Gasteiger partial charge in [0.05, 0.1) is 11.0 Å². The van der Waals surface area contributed by atoms with E-state index in [1.165, 1.54) is 12.1 Å². The van der Waals surface area contributed by atoms with Gasteiger partial charge in [-0.2, -0.15) is 0 Å². The Hall–Kier alpha value is -1.27. The SMILES string of the molecule is CC1CCC(C(C)C)C(O[S@@](=O)c2ccccc2[N+](=O)[O-])C1. The van der Waals surface area contributed by atoms with E-state index in [0.717, 1.165) is 19.3 Å². The fourth-order valence-electron chi connectivity index (χ4n) is 3.14. The average Bonchev–Trinajstić information content (AvgIpc) is 2.46. The fourth-order valence-corrected chi connectivity index (χ4v) is 4.19. The Balaban J connectivity index is 2.18. The van der Waals surface area contributed by atoms with E-state index in [1.807, 2.05) is 0 Å². The van der Waals surface area contributed by atoms with Crippen LogP contribution in [0.2, 0.25) is 0 Å². The summed E-state index contributed by atoms with van der Waals surface area (Å²) in [6.45, 7) is 6.45. The lowest BCUT2D eigenvalue weighted by atomic mass is 9.75. The van der Waals surface area contributed by atoms with Gasteiger partial charge in [-0.15, -0.1) is 0 Å². The molecule has 0 aromatic heterocycles. The molecule has 1 saturated carbocycles. The Morgan fingerprint density at radius 3 is 2.64 bits per heavy atom. The summed E-state index contributed by atoms with van der Waals surface area (Å²) in [6, 6.07) is 6.08. The van der Waals surface area contributed by atoms with E-state index in [4.69, 9.17) is 4.18 Å². The van der Waals surface area contributed by atoms with Crippen LogP contribution in [-0.4, -0.2) is 15.2 Å². The molecule has 4 atom stereocenters. The minimum atomic E-state index is -1.81. The van der Waals surface area contributed by atoms with Crippen molar-refractivity contribution in [1.29, 1.82) is 0 Å². The Morgan fingerprint density at radius 2 is 2.00 bits per heavy atom. The quantitative estimate of drug-likeness (QED) is 0.604. The van der Waals surface area contributed by atoms with Gasteiger partial charge < -0.3 is 0 Å². The highest BCUT2D eigenvalue weighted by Crippen LogP contribution is 2.36. The molecule has 122 valence electrons. The third kappa shape index (κ3) is 3.93. The predicted molar refractivity (Wildman–Crippen MR) is 85.7 cm³/mol. The summed E-state index contributed by atoms with van der Waals surface area (Å²) in [4.78, 5) is 10.7. The Labute approximate surface area is 133 Å². The second-order valence-electron chi connectivity index (χ2n) is 6.42. The van der Waals surface area contributed by atoms with Gasteiger partial charge in [0.1, 0.15) is 4.90 Å². The third-order valence-corrected chi connectivity index (χ3v) is 5.54. The number of nitrogens with zero attached hydrogens (tertiary/aromatic N) is 1. The summed E-state index contributed by atoms with van der Waals surface area (Å²) in [6.07, 6.45) is 2.96. The lowest BCUT2D eigenvalue weighted by Crippen LogP contribution is -2.34. The van der Waals surface area contributed by atoms with Crippen molar-refractivity contribution in [2.24, 2.45) is 17.8 Å². The van der Waals surface area contributed by atoms with Gasteiger partial charge in [-0.05, 0) is 36.7 Å². The van der Waals surface area contributed by atoms with Gasteiger partial charge in [0, 0.05) is 6.07 Å². The van der Waals surface area contributed by atoms with Gasteiger partial charge >= 0.3 is 0 Å². The van der Waals surface area contributed by atoms with Gasteiger partial charge in [-0.3, -0.25) is 14.3 Å². The molecule has 1 aromatic carbocycles. The molecule has 0 N–H and O–H groups in total. The highest BCUT2D eigenvalue weighted by atomic mass is 32.2. The van der Waals surface area contributed by atoms with E-state index in [2.05, 4.69) is 20.8 Å². The normalized spacial score (nSPS) is 26.8. The van der Waals surface area contributed by atoms with E-state index < -0.39 is 16.0 Å². The summed E-state index contributed by atoms with van der Waals surface area (Å²) in [5.41, 5.74) is -0.147. The standard InChI is InChI=1S/C16H23NO4S/c1-11(2)13-9-8-12(3)10-15(13)21-22(20)16-7-5-4-6-14(16)17(18)19/h4-7,11-13,15H,8-10H2,1-3H3/t12?,13?,15?,22-/m1/s1. The zero-order valence-electron chi connectivity index (χ0n) is 13.2. The van der Waals surface area contributed by atoms with E-state index in [9.17, 15) is 14.3 Å². The molecule has 1 aliphatic rings. The highest BCUT2D eigenvalue weighted by Gasteiger charge is 2.34. The second kappa shape index (κ2) is 7.33. The second-order valence-corrected chi connectivity index (χ2v) is 7.52. The van der Waals surface area contributed by atoms with Crippen LogP contribution in [0.1, 0.15) is 40.0 Å². The van der Waals surface area contributed by atoms with Crippen molar-refractivity contribution in [1.82, 2.24) is 0 Å². The molecule has 1 aliphatic carbocycles. The van der Waals surface area contributed by atoms with Crippen LogP contribution in [0, 0.1) is 27.9 Å². The van der Waals surface area contributed by atoms with Crippen molar-refractivity contribution < 1.29 is 13.3 Å². The van der Waals surface area contributed by atoms with Crippen LogP contribution in [0.25, 0.3) is 0 Å². The maximum Gasteiger partial charge on any atom is 0.287 e. The Morgan fingerprint density at radius 1 is 1.32 bits per heavy atom. The lowest BCUT2D eigenvalue weighted by Gasteiger charge is -2.36. The van der Waals surface area contributed by atoms with Gasteiger partial charge in [-0.25, -0.2) is 4.21 Å². The molecule has 0 heterocycles. The topological polar surface area (TPSA) is 69.4 Å². The maximum atomic E-state index is 12.5. The first-order valence-electron chi connectivity index (χ1n) is 7.72. The molecule has 0 radical (unpaired) electrons. The molecule has 1 aromatic rings. The summed E-state index contributed by atoms with van der Waals surface area (Å²) in [5.74, 6) is 1.32. The van der Waals surface area contributed by atoms with E-state index in [1.54, 1.807) is 12.1 Å². The molecule has 1 fully saturated rings.